The summed E-state index contributed by atoms with van der Waals surface area (Å²) >= 11 is 0. The van der Waals surface area contributed by atoms with Crippen molar-refractivity contribution in [3.63, 3.8) is 0 Å². The molecule has 0 aromatic heterocycles. The molecule has 0 fully saturated rings. The average molecular weight is 807 g/mol. The molecule has 2 aromatic rings. The quantitative estimate of drug-likeness (QED) is 0.0507. The van der Waals surface area contributed by atoms with Crippen LogP contribution in [0, 0.1) is 11.8 Å². The van der Waals surface area contributed by atoms with Crippen LogP contribution in [-0.2, 0) is 22.7 Å². The van der Waals surface area contributed by atoms with E-state index in [1.165, 1.54) is 89.9 Å². The lowest BCUT2D eigenvalue weighted by atomic mass is 10.0. The van der Waals surface area contributed by atoms with Gasteiger partial charge in [0.2, 0.25) is 11.8 Å². The molecule has 0 aliphatic carbocycles. The van der Waals surface area contributed by atoms with Gasteiger partial charge in [-0.05, 0) is 72.9 Å². The van der Waals surface area contributed by atoms with Crippen LogP contribution in [0.25, 0.3) is 0 Å². The molecule has 0 unspecified atom stereocenters. The predicted molar refractivity (Wildman–Crippen MR) is 245 cm³/mol. The molecule has 4 N–H and O–H groups in total. The van der Waals surface area contributed by atoms with Gasteiger partial charge in [0, 0.05) is 26.2 Å². The number of hydrogen-bond acceptors (Lipinski definition) is 6. The van der Waals surface area contributed by atoms with E-state index >= 15 is 0 Å². The van der Waals surface area contributed by atoms with E-state index in [2.05, 4.69) is 87.1 Å². The molecule has 0 radical (unpaired) electrons. The molecular weight excluding hydrogens is 721 g/mol. The molecule has 0 spiro atoms. The highest BCUT2D eigenvalue weighted by molar-refractivity contribution is 5.82. The van der Waals surface area contributed by atoms with Crippen molar-refractivity contribution in [3.05, 3.63) is 59.7 Å². The largest absolute Gasteiger partial charge is 0.494 e. The third-order valence-electron chi connectivity index (χ3n) is 11.0. The number of unbranched alkanes of at least 4 members (excludes halogenated alkanes) is 17. The standard InChI is InChI=1S/C50H86N4O4/c1-7-9-11-13-15-17-21-25-37-57-45-31-27-43(28-32-45)39-53-47(41(3)4)49(55)51-35-23-19-20-24-36-52-50(56)48(42(5)6)54-40-44-29-33-46(34-30-44)58-38-26-22-18-16-14-12-10-8-2/h27-34,41-42,47-48,53-54H,7-26,35-40H2,1-6H3,(H,51,55)(H,52,56)/t47-,48-/m0/s1. The minimum absolute atomic E-state index is 0.0539. The zero-order chi connectivity index (χ0) is 42.1. The summed E-state index contributed by atoms with van der Waals surface area (Å²) in [6.07, 6.45) is 24.6. The van der Waals surface area contributed by atoms with Crippen molar-refractivity contribution in [1.82, 2.24) is 21.3 Å². The third-order valence-corrected chi connectivity index (χ3v) is 11.0. The van der Waals surface area contributed by atoms with Crippen LogP contribution in [0.15, 0.2) is 48.5 Å². The summed E-state index contributed by atoms with van der Waals surface area (Å²) in [5.74, 6) is 2.28. The van der Waals surface area contributed by atoms with Crippen LogP contribution < -0.4 is 30.7 Å². The molecule has 58 heavy (non-hydrogen) atoms. The molecule has 330 valence electrons. The van der Waals surface area contributed by atoms with Crippen molar-refractivity contribution in [2.75, 3.05) is 26.3 Å². The SMILES string of the molecule is CCCCCCCCCCOc1ccc(CN[C@H](C(=O)NCCCCCCNC(=O)[C@@H](NCc2ccc(OCCCCCCCCCC)cc2)C(C)C)C(C)C)cc1. The Bertz CT molecular complexity index is 1180. The van der Waals surface area contributed by atoms with E-state index in [0.29, 0.717) is 26.2 Å². The first-order valence-corrected chi connectivity index (χ1v) is 23.7. The zero-order valence-corrected chi connectivity index (χ0v) is 37.9. The molecule has 0 saturated carbocycles. The van der Waals surface area contributed by atoms with Gasteiger partial charge in [-0.15, -0.1) is 0 Å². The van der Waals surface area contributed by atoms with E-state index in [1.807, 2.05) is 24.3 Å². The second-order valence-corrected chi connectivity index (χ2v) is 17.1. The monoisotopic (exact) mass is 807 g/mol. The van der Waals surface area contributed by atoms with Crippen molar-refractivity contribution in [2.45, 2.75) is 195 Å². The fourth-order valence-electron chi connectivity index (χ4n) is 7.22. The van der Waals surface area contributed by atoms with Gasteiger partial charge in [0.1, 0.15) is 11.5 Å². The molecule has 8 nitrogen and oxygen atoms in total. The smallest absolute Gasteiger partial charge is 0.237 e. The van der Waals surface area contributed by atoms with Crippen molar-refractivity contribution in [2.24, 2.45) is 11.8 Å². The molecule has 2 atom stereocenters. The van der Waals surface area contributed by atoms with Crippen LogP contribution in [0.3, 0.4) is 0 Å². The number of carbonyl (C=O) groups is 2. The summed E-state index contributed by atoms with van der Waals surface area (Å²) in [4.78, 5) is 26.1. The van der Waals surface area contributed by atoms with E-state index in [-0.39, 0.29) is 35.7 Å². The van der Waals surface area contributed by atoms with Crippen LogP contribution in [0.1, 0.15) is 181 Å². The van der Waals surface area contributed by atoms with E-state index in [9.17, 15) is 9.59 Å². The maximum atomic E-state index is 13.1. The van der Waals surface area contributed by atoms with Crippen LogP contribution in [0.2, 0.25) is 0 Å². The van der Waals surface area contributed by atoms with Gasteiger partial charge in [-0.1, -0.05) is 169 Å². The summed E-state index contributed by atoms with van der Waals surface area (Å²) in [5.41, 5.74) is 2.28. The molecule has 2 rings (SSSR count). The van der Waals surface area contributed by atoms with Crippen molar-refractivity contribution in [1.29, 1.82) is 0 Å². The van der Waals surface area contributed by atoms with Crippen LogP contribution in [0.5, 0.6) is 11.5 Å². The van der Waals surface area contributed by atoms with Gasteiger partial charge in [-0.2, -0.15) is 0 Å². The van der Waals surface area contributed by atoms with Gasteiger partial charge < -0.3 is 30.7 Å². The Kier molecular flexibility index (Phi) is 29.7. The second-order valence-electron chi connectivity index (χ2n) is 17.1. The maximum Gasteiger partial charge on any atom is 0.237 e. The highest BCUT2D eigenvalue weighted by Crippen LogP contribution is 2.17. The number of hydrogen-bond donors (Lipinski definition) is 4. The Morgan fingerprint density at radius 2 is 0.759 bits per heavy atom. The Morgan fingerprint density at radius 1 is 0.448 bits per heavy atom. The first-order valence-electron chi connectivity index (χ1n) is 23.7. The number of ether oxygens (including phenoxy) is 2. The predicted octanol–water partition coefficient (Wildman–Crippen LogP) is 11.4. The number of benzene rings is 2. The molecule has 2 aromatic carbocycles. The fourth-order valence-corrected chi connectivity index (χ4v) is 7.22. The molecule has 0 bridgehead atoms. The van der Waals surface area contributed by atoms with Crippen molar-refractivity contribution >= 4 is 11.8 Å². The van der Waals surface area contributed by atoms with Gasteiger partial charge in [0.05, 0.1) is 25.3 Å². The molecule has 8 heteroatoms. The molecule has 0 aliphatic rings. The van der Waals surface area contributed by atoms with E-state index in [4.69, 9.17) is 9.47 Å². The van der Waals surface area contributed by atoms with E-state index in [0.717, 1.165) is 74.4 Å². The minimum Gasteiger partial charge on any atom is -0.494 e. The van der Waals surface area contributed by atoms with Gasteiger partial charge in [-0.3, -0.25) is 9.59 Å². The van der Waals surface area contributed by atoms with Crippen molar-refractivity contribution in [3.8, 4) is 11.5 Å². The van der Waals surface area contributed by atoms with Gasteiger partial charge in [-0.25, -0.2) is 0 Å². The van der Waals surface area contributed by atoms with Crippen molar-refractivity contribution < 1.29 is 19.1 Å². The average Bonchev–Trinajstić information content (AvgIpc) is 3.21. The number of nitrogens with one attached hydrogen (secondary N) is 4. The molecule has 2 amide bonds. The Hall–Kier alpha value is -3.10. The van der Waals surface area contributed by atoms with Gasteiger partial charge in [0.15, 0.2) is 0 Å². The summed E-state index contributed by atoms with van der Waals surface area (Å²) in [6.45, 7) is 17.0. The van der Waals surface area contributed by atoms with Gasteiger partial charge >= 0.3 is 0 Å². The second kappa shape index (κ2) is 33.7. The minimum atomic E-state index is -0.252. The first kappa shape index (κ1) is 51.0. The van der Waals surface area contributed by atoms with E-state index < -0.39 is 0 Å². The summed E-state index contributed by atoms with van der Waals surface area (Å²) < 4.78 is 11.9. The maximum absolute atomic E-state index is 13.1. The zero-order valence-electron chi connectivity index (χ0n) is 37.9. The summed E-state index contributed by atoms with van der Waals surface area (Å²) in [6, 6.07) is 16.0. The highest BCUT2D eigenvalue weighted by atomic mass is 16.5. The Balaban J connectivity index is 1.55. The Morgan fingerprint density at radius 3 is 1.09 bits per heavy atom. The first-order chi connectivity index (χ1) is 28.2. The van der Waals surface area contributed by atoms with E-state index in [1.54, 1.807) is 0 Å². The number of amides is 2. The van der Waals surface area contributed by atoms with Crippen LogP contribution in [-0.4, -0.2) is 50.2 Å². The number of carbonyl (C=O) groups excluding carboxylic acids is 2. The summed E-state index contributed by atoms with van der Waals surface area (Å²) in [5, 5.41) is 13.2. The van der Waals surface area contributed by atoms with Crippen LogP contribution in [0.4, 0.5) is 0 Å². The lowest BCUT2D eigenvalue weighted by Gasteiger charge is -2.22. The lowest BCUT2D eigenvalue weighted by molar-refractivity contribution is -0.125. The summed E-state index contributed by atoms with van der Waals surface area (Å²) in [7, 11) is 0. The van der Waals surface area contributed by atoms with Gasteiger partial charge in [0.25, 0.3) is 0 Å². The number of rotatable bonds is 37. The van der Waals surface area contributed by atoms with Crippen LogP contribution >= 0.6 is 0 Å². The Labute approximate surface area is 355 Å². The topological polar surface area (TPSA) is 101 Å². The molecular formula is C50H86N4O4. The lowest BCUT2D eigenvalue weighted by Crippen LogP contribution is -2.47. The highest BCUT2D eigenvalue weighted by Gasteiger charge is 2.22. The normalized spacial score (nSPS) is 12.5. The fraction of sp³-hybridized carbons (Fsp3) is 0.720. The molecule has 0 aliphatic heterocycles. The molecule has 0 heterocycles. The third kappa shape index (κ3) is 24.7. The molecule has 0 saturated heterocycles.